The van der Waals surface area contributed by atoms with Crippen LogP contribution < -0.4 is 10.6 Å². The Bertz CT molecular complexity index is 581. The molecular formula is C18H22N2O. The van der Waals surface area contributed by atoms with Gasteiger partial charge < -0.3 is 10.6 Å². The second-order valence-corrected chi connectivity index (χ2v) is 5.04. The molecule has 0 saturated heterocycles. The molecule has 2 N–H and O–H groups in total. The molecule has 0 aliphatic heterocycles. The summed E-state index contributed by atoms with van der Waals surface area (Å²) in [5.41, 5.74) is 8.69. The molecule has 1 amide bonds. The predicted molar refractivity (Wildman–Crippen MR) is 88.3 cm³/mol. The minimum Gasteiger partial charge on any atom is -0.397 e. The van der Waals surface area contributed by atoms with Crippen molar-refractivity contribution in [2.24, 2.45) is 0 Å². The van der Waals surface area contributed by atoms with Crippen LogP contribution >= 0.6 is 0 Å². The van der Waals surface area contributed by atoms with Gasteiger partial charge in [-0.1, -0.05) is 42.5 Å². The van der Waals surface area contributed by atoms with E-state index in [4.69, 9.17) is 5.73 Å². The lowest BCUT2D eigenvalue weighted by molar-refractivity contribution is -0.118. The van der Waals surface area contributed by atoms with Crippen LogP contribution in [0.1, 0.15) is 25.3 Å². The van der Waals surface area contributed by atoms with Gasteiger partial charge in [-0.25, -0.2) is 0 Å². The maximum Gasteiger partial charge on any atom is 0.227 e. The van der Waals surface area contributed by atoms with Crippen molar-refractivity contribution in [2.45, 2.75) is 26.2 Å². The molecule has 0 bridgehead atoms. The number of para-hydroxylation sites is 2. The summed E-state index contributed by atoms with van der Waals surface area (Å²) in [4.78, 5) is 14.2. The normalized spacial score (nSPS) is 10.3. The van der Waals surface area contributed by atoms with Gasteiger partial charge in [-0.2, -0.15) is 0 Å². The molecule has 0 radical (unpaired) electrons. The fourth-order valence-corrected chi connectivity index (χ4v) is 2.44. The molecule has 0 fully saturated rings. The Morgan fingerprint density at radius 3 is 2.38 bits per heavy atom. The van der Waals surface area contributed by atoms with Crippen molar-refractivity contribution in [3.8, 4) is 0 Å². The number of amides is 1. The molecule has 2 aromatic rings. The average Bonchev–Trinajstić information content (AvgIpc) is 2.51. The zero-order chi connectivity index (χ0) is 15.1. The van der Waals surface area contributed by atoms with E-state index in [9.17, 15) is 4.79 Å². The lowest BCUT2D eigenvalue weighted by Crippen LogP contribution is -2.31. The fourth-order valence-electron chi connectivity index (χ4n) is 2.44. The smallest absolute Gasteiger partial charge is 0.227 e. The zero-order valence-corrected chi connectivity index (χ0v) is 12.5. The molecule has 2 rings (SSSR count). The maximum absolute atomic E-state index is 12.4. The minimum atomic E-state index is 0.131. The van der Waals surface area contributed by atoms with E-state index in [0.717, 1.165) is 18.5 Å². The molecule has 3 nitrogen and oxygen atoms in total. The molecule has 0 saturated carbocycles. The Morgan fingerprint density at radius 2 is 1.71 bits per heavy atom. The summed E-state index contributed by atoms with van der Waals surface area (Å²) in [6, 6.07) is 17.8. The van der Waals surface area contributed by atoms with Crippen LogP contribution in [0, 0.1) is 0 Å². The largest absolute Gasteiger partial charge is 0.397 e. The van der Waals surface area contributed by atoms with Crippen molar-refractivity contribution in [2.75, 3.05) is 17.2 Å². The first-order chi connectivity index (χ1) is 10.2. The van der Waals surface area contributed by atoms with Gasteiger partial charge in [-0.15, -0.1) is 0 Å². The molecule has 2 aromatic carbocycles. The number of hydrogen-bond donors (Lipinski definition) is 1. The molecule has 0 spiro atoms. The van der Waals surface area contributed by atoms with E-state index >= 15 is 0 Å². The zero-order valence-electron chi connectivity index (χ0n) is 12.5. The first kappa shape index (κ1) is 15.1. The molecule has 0 aromatic heterocycles. The van der Waals surface area contributed by atoms with Crippen molar-refractivity contribution in [1.82, 2.24) is 0 Å². The summed E-state index contributed by atoms with van der Waals surface area (Å²) in [6.07, 6.45) is 2.32. The van der Waals surface area contributed by atoms with E-state index in [-0.39, 0.29) is 5.91 Å². The summed E-state index contributed by atoms with van der Waals surface area (Å²) in [7, 11) is 0. The highest BCUT2D eigenvalue weighted by Crippen LogP contribution is 2.23. The summed E-state index contributed by atoms with van der Waals surface area (Å²) in [6.45, 7) is 2.61. The first-order valence-corrected chi connectivity index (χ1v) is 7.41. The number of nitrogen functional groups attached to an aromatic ring is 1. The summed E-state index contributed by atoms with van der Waals surface area (Å²) in [5, 5.41) is 0. The second kappa shape index (κ2) is 7.48. The summed E-state index contributed by atoms with van der Waals surface area (Å²) < 4.78 is 0. The molecule has 0 heterocycles. The number of nitrogens with zero attached hydrogens (tertiary/aromatic N) is 1. The van der Waals surface area contributed by atoms with Crippen LogP contribution in [0.4, 0.5) is 11.4 Å². The monoisotopic (exact) mass is 282 g/mol. The summed E-state index contributed by atoms with van der Waals surface area (Å²) >= 11 is 0. The third-order valence-corrected chi connectivity index (χ3v) is 3.54. The number of aryl methyl sites for hydroxylation is 1. The number of rotatable bonds is 6. The molecule has 110 valence electrons. The number of hydrogen-bond acceptors (Lipinski definition) is 2. The minimum absolute atomic E-state index is 0.131. The van der Waals surface area contributed by atoms with Crippen LogP contribution in [-0.2, 0) is 11.2 Å². The van der Waals surface area contributed by atoms with Gasteiger partial charge in [-0.3, -0.25) is 4.79 Å². The molecule has 0 unspecified atom stereocenters. The molecule has 0 aliphatic carbocycles. The van der Waals surface area contributed by atoms with Crippen molar-refractivity contribution >= 4 is 17.3 Å². The van der Waals surface area contributed by atoms with Crippen LogP contribution in [0.5, 0.6) is 0 Å². The van der Waals surface area contributed by atoms with Crippen molar-refractivity contribution < 1.29 is 4.79 Å². The lowest BCUT2D eigenvalue weighted by Gasteiger charge is -2.22. The van der Waals surface area contributed by atoms with E-state index in [2.05, 4.69) is 12.1 Å². The Hall–Kier alpha value is -2.29. The third-order valence-electron chi connectivity index (χ3n) is 3.54. The van der Waals surface area contributed by atoms with Crippen molar-refractivity contribution in [3.05, 3.63) is 60.2 Å². The van der Waals surface area contributed by atoms with E-state index in [1.807, 2.05) is 49.4 Å². The second-order valence-electron chi connectivity index (χ2n) is 5.04. The molecular weight excluding hydrogens is 260 g/mol. The van der Waals surface area contributed by atoms with Crippen molar-refractivity contribution in [1.29, 1.82) is 0 Å². The maximum atomic E-state index is 12.4. The Labute approximate surface area is 126 Å². The first-order valence-electron chi connectivity index (χ1n) is 7.41. The topological polar surface area (TPSA) is 46.3 Å². The van der Waals surface area contributed by atoms with Gasteiger partial charge in [-0.05, 0) is 37.5 Å². The van der Waals surface area contributed by atoms with E-state index < -0.39 is 0 Å². The van der Waals surface area contributed by atoms with Gasteiger partial charge in [0.25, 0.3) is 0 Å². The molecule has 0 atom stereocenters. The van der Waals surface area contributed by atoms with Crippen LogP contribution in [0.25, 0.3) is 0 Å². The molecule has 0 aliphatic rings. The van der Waals surface area contributed by atoms with E-state index in [1.54, 1.807) is 4.90 Å². The number of carbonyl (C=O) groups is 1. The quantitative estimate of drug-likeness (QED) is 0.822. The van der Waals surface area contributed by atoms with E-state index in [1.165, 1.54) is 5.56 Å². The summed E-state index contributed by atoms with van der Waals surface area (Å²) in [5.74, 6) is 0.131. The standard InChI is InChI=1S/C18H22N2O/c1-2-20(17-13-7-6-12-16(17)19)18(21)14-8-11-15-9-4-3-5-10-15/h3-7,9-10,12-13H,2,8,11,14,19H2,1H3. The third kappa shape index (κ3) is 4.09. The van der Waals surface area contributed by atoms with Gasteiger partial charge in [0.1, 0.15) is 0 Å². The molecule has 3 heteroatoms. The van der Waals surface area contributed by atoms with Crippen LogP contribution in [0.15, 0.2) is 54.6 Å². The highest BCUT2D eigenvalue weighted by Gasteiger charge is 2.15. The number of benzene rings is 2. The van der Waals surface area contributed by atoms with Crippen molar-refractivity contribution in [3.63, 3.8) is 0 Å². The Balaban J connectivity index is 1.93. The van der Waals surface area contributed by atoms with Crippen LogP contribution in [0.3, 0.4) is 0 Å². The number of carbonyl (C=O) groups excluding carboxylic acids is 1. The Morgan fingerprint density at radius 1 is 1.05 bits per heavy atom. The van der Waals surface area contributed by atoms with Crippen LogP contribution in [0.2, 0.25) is 0 Å². The number of anilines is 2. The van der Waals surface area contributed by atoms with Crippen LogP contribution in [-0.4, -0.2) is 12.5 Å². The number of nitrogens with two attached hydrogens (primary N) is 1. The predicted octanol–water partition coefficient (Wildman–Crippen LogP) is 3.64. The fraction of sp³-hybridized carbons (Fsp3) is 0.278. The van der Waals surface area contributed by atoms with Gasteiger partial charge in [0.2, 0.25) is 5.91 Å². The van der Waals surface area contributed by atoms with Gasteiger partial charge in [0.05, 0.1) is 11.4 Å². The van der Waals surface area contributed by atoms with Gasteiger partial charge >= 0.3 is 0 Å². The SMILES string of the molecule is CCN(C(=O)CCCc1ccccc1)c1ccccc1N. The van der Waals surface area contributed by atoms with Gasteiger partial charge in [0.15, 0.2) is 0 Å². The average molecular weight is 282 g/mol. The molecule has 21 heavy (non-hydrogen) atoms. The highest BCUT2D eigenvalue weighted by molar-refractivity contribution is 5.96. The van der Waals surface area contributed by atoms with E-state index in [0.29, 0.717) is 18.7 Å². The Kier molecular flexibility index (Phi) is 5.38. The lowest BCUT2D eigenvalue weighted by atomic mass is 10.1. The van der Waals surface area contributed by atoms with Gasteiger partial charge in [0, 0.05) is 13.0 Å². The highest BCUT2D eigenvalue weighted by atomic mass is 16.2.